The van der Waals surface area contributed by atoms with Crippen LogP contribution < -0.4 is 5.32 Å². The Bertz CT molecular complexity index is 190. The zero-order chi connectivity index (χ0) is 14.7. The highest BCUT2D eigenvalue weighted by Crippen LogP contribution is 2.01. The largest absolute Gasteiger partial charge is 0.316 e. The van der Waals surface area contributed by atoms with Crippen LogP contribution in [-0.2, 0) is 0 Å². The molecule has 0 heterocycles. The lowest BCUT2D eigenvalue weighted by Gasteiger charge is -2.25. The second-order valence-electron chi connectivity index (χ2n) is 6.80. The second-order valence-corrected chi connectivity index (χ2v) is 6.80. The van der Waals surface area contributed by atoms with Crippen molar-refractivity contribution in [3.8, 4) is 0 Å². The molecular formula is C16H37N3. The summed E-state index contributed by atoms with van der Waals surface area (Å²) in [5.41, 5.74) is 0. The summed E-state index contributed by atoms with van der Waals surface area (Å²) < 4.78 is 0. The Labute approximate surface area is 121 Å². The average molecular weight is 271 g/mol. The molecule has 0 aromatic carbocycles. The molecule has 0 aliphatic carbocycles. The van der Waals surface area contributed by atoms with E-state index in [9.17, 15) is 0 Å². The lowest BCUT2D eigenvalue weighted by molar-refractivity contribution is 0.215. The van der Waals surface area contributed by atoms with Gasteiger partial charge in [0.2, 0.25) is 0 Å². The van der Waals surface area contributed by atoms with Gasteiger partial charge in [-0.3, -0.25) is 0 Å². The van der Waals surface area contributed by atoms with Crippen LogP contribution in [-0.4, -0.2) is 63.2 Å². The van der Waals surface area contributed by atoms with Crippen LogP contribution >= 0.6 is 0 Å². The first-order valence-corrected chi connectivity index (χ1v) is 7.99. The van der Waals surface area contributed by atoms with E-state index in [4.69, 9.17) is 0 Å². The molecule has 0 aromatic heterocycles. The van der Waals surface area contributed by atoms with E-state index in [1.54, 1.807) is 0 Å². The Morgan fingerprint density at radius 3 is 2.05 bits per heavy atom. The number of hydrogen-bond acceptors (Lipinski definition) is 3. The molecule has 0 amide bonds. The molecule has 0 saturated carbocycles. The minimum atomic E-state index is 0.762. The second kappa shape index (κ2) is 11.7. The topological polar surface area (TPSA) is 18.5 Å². The van der Waals surface area contributed by atoms with Gasteiger partial charge in [-0.1, -0.05) is 27.7 Å². The quantitative estimate of drug-likeness (QED) is 0.550. The summed E-state index contributed by atoms with van der Waals surface area (Å²) in [6.07, 6.45) is 2.61. The van der Waals surface area contributed by atoms with Gasteiger partial charge in [0, 0.05) is 19.6 Å². The normalized spacial score (nSPS) is 12.3. The molecular weight excluding hydrogens is 234 g/mol. The molecule has 3 nitrogen and oxygen atoms in total. The lowest BCUT2D eigenvalue weighted by atomic mass is 10.2. The first-order chi connectivity index (χ1) is 8.91. The Hall–Kier alpha value is -0.120. The molecule has 0 aliphatic rings. The van der Waals surface area contributed by atoms with Gasteiger partial charge >= 0.3 is 0 Å². The maximum Gasteiger partial charge on any atom is 0.0109 e. The van der Waals surface area contributed by atoms with E-state index in [1.807, 2.05) is 0 Å². The smallest absolute Gasteiger partial charge is 0.0109 e. The summed E-state index contributed by atoms with van der Waals surface area (Å²) in [4.78, 5) is 4.89. The van der Waals surface area contributed by atoms with Gasteiger partial charge in [-0.25, -0.2) is 0 Å². The summed E-state index contributed by atoms with van der Waals surface area (Å²) >= 11 is 0. The van der Waals surface area contributed by atoms with Crippen molar-refractivity contribution in [2.45, 2.75) is 40.5 Å². The minimum Gasteiger partial charge on any atom is -0.316 e. The number of hydrogen-bond donors (Lipinski definition) is 1. The standard InChI is InChI=1S/C16H37N3/c1-15(2)13-17-9-7-8-10-19(14-16(3)4)12-11-18(5)6/h15-17H,7-14H2,1-6H3. The molecule has 0 spiro atoms. The fourth-order valence-corrected chi connectivity index (χ4v) is 2.13. The molecule has 0 radical (unpaired) electrons. The van der Waals surface area contributed by atoms with Crippen molar-refractivity contribution < 1.29 is 0 Å². The zero-order valence-electron chi connectivity index (χ0n) is 14.2. The highest BCUT2D eigenvalue weighted by molar-refractivity contribution is 4.63. The van der Waals surface area contributed by atoms with Crippen molar-refractivity contribution >= 4 is 0 Å². The van der Waals surface area contributed by atoms with Crippen molar-refractivity contribution in [3.05, 3.63) is 0 Å². The molecule has 0 atom stereocenters. The molecule has 1 N–H and O–H groups in total. The summed E-state index contributed by atoms with van der Waals surface area (Å²) in [5, 5.41) is 3.52. The predicted octanol–water partition coefficient (Wildman–Crippen LogP) is 2.53. The van der Waals surface area contributed by atoms with Gasteiger partial charge in [0.25, 0.3) is 0 Å². The summed E-state index contributed by atoms with van der Waals surface area (Å²) in [5.74, 6) is 1.53. The van der Waals surface area contributed by atoms with E-state index in [0.29, 0.717) is 0 Å². The van der Waals surface area contributed by atoms with Gasteiger partial charge in [0.1, 0.15) is 0 Å². The fourth-order valence-electron chi connectivity index (χ4n) is 2.13. The molecule has 19 heavy (non-hydrogen) atoms. The molecule has 116 valence electrons. The third-order valence-electron chi connectivity index (χ3n) is 3.12. The first-order valence-electron chi connectivity index (χ1n) is 7.99. The number of nitrogens with one attached hydrogen (secondary N) is 1. The van der Waals surface area contributed by atoms with Crippen molar-refractivity contribution in [1.29, 1.82) is 0 Å². The van der Waals surface area contributed by atoms with Crippen LogP contribution in [0.3, 0.4) is 0 Å². The Morgan fingerprint density at radius 1 is 0.842 bits per heavy atom. The van der Waals surface area contributed by atoms with Crippen LogP contribution in [0.4, 0.5) is 0 Å². The number of unbranched alkanes of at least 4 members (excludes halogenated alkanes) is 1. The van der Waals surface area contributed by atoms with Gasteiger partial charge in [0.15, 0.2) is 0 Å². The number of rotatable bonds is 12. The minimum absolute atomic E-state index is 0.762. The van der Waals surface area contributed by atoms with Crippen molar-refractivity contribution in [3.63, 3.8) is 0 Å². The van der Waals surface area contributed by atoms with Gasteiger partial charge in [-0.05, 0) is 58.4 Å². The maximum atomic E-state index is 3.52. The number of nitrogens with zero attached hydrogens (tertiary/aromatic N) is 2. The molecule has 0 bridgehead atoms. The van der Waals surface area contributed by atoms with Crippen LogP contribution in [0.25, 0.3) is 0 Å². The van der Waals surface area contributed by atoms with E-state index in [-0.39, 0.29) is 0 Å². The Kier molecular flexibility index (Phi) is 11.6. The SMILES string of the molecule is CC(C)CNCCCCN(CCN(C)C)CC(C)C. The summed E-state index contributed by atoms with van der Waals surface area (Å²) in [6.45, 7) is 16.3. The highest BCUT2D eigenvalue weighted by Gasteiger charge is 2.07. The van der Waals surface area contributed by atoms with E-state index in [0.717, 1.165) is 24.9 Å². The monoisotopic (exact) mass is 271 g/mol. The molecule has 0 rings (SSSR count). The lowest BCUT2D eigenvalue weighted by Crippen LogP contribution is -2.35. The average Bonchev–Trinajstić information content (AvgIpc) is 2.29. The Morgan fingerprint density at radius 2 is 1.53 bits per heavy atom. The van der Waals surface area contributed by atoms with Crippen molar-refractivity contribution in [1.82, 2.24) is 15.1 Å². The van der Waals surface area contributed by atoms with E-state index in [1.165, 1.54) is 39.0 Å². The third kappa shape index (κ3) is 14.1. The molecule has 0 aromatic rings. The Balaban J connectivity index is 3.67. The van der Waals surface area contributed by atoms with Crippen molar-refractivity contribution in [2.75, 3.05) is 53.4 Å². The highest BCUT2D eigenvalue weighted by atomic mass is 15.2. The van der Waals surface area contributed by atoms with E-state index in [2.05, 4.69) is 56.9 Å². The van der Waals surface area contributed by atoms with Crippen LogP contribution in [0, 0.1) is 11.8 Å². The van der Waals surface area contributed by atoms with Gasteiger partial charge in [0.05, 0.1) is 0 Å². The molecule has 0 saturated heterocycles. The maximum absolute atomic E-state index is 3.52. The predicted molar refractivity (Wildman–Crippen MR) is 86.8 cm³/mol. The van der Waals surface area contributed by atoms with Gasteiger partial charge < -0.3 is 15.1 Å². The zero-order valence-corrected chi connectivity index (χ0v) is 14.2. The molecule has 0 aliphatic heterocycles. The summed E-state index contributed by atoms with van der Waals surface area (Å²) in [7, 11) is 4.31. The van der Waals surface area contributed by atoms with E-state index < -0.39 is 0 Å². The third-order valence-corrected chi connectivity index (χ3v) is 3.12. The fraction of sp³-hybridized carbons (Fsp3) is 1.00. The first kappa shape index (κ1) is 18.9. The van der Waals surface area contributed by atoms with Gasteiger partial charge in [-0.15, -0.1) is 0 Å². The molecule has 3 heteroatoms. The van der Waals surface area contributed by atoms with E-state index >= 15 is 0 Å². The van der Waals surface area contributed by atoms with Gasteiger partial charge in [-0.2, -0.15) is 0 Å². The van der Waals surface area contributed by atoms with Crippen molar-refractivity contribution in [2.24, 2.45) is 11.8 Å². The number of likely N-dealkylation sites (N-methyl/N-ethyl adjacent to an activating group) is 1. The van der Waals surface area contributed by atoms with Crippen LogP contribution in [0.5, 0.6) is 0 Å². The van der Waals surface area contributed by atoms with Crippen LogP contribution in [0.1, 0.15) is 40.5 Å². The molecule has 0 unspecified atom stereocenters. The summed E-state index contributed by atoms with van der Waals surface area (Å²) in [6, 6.07) is 0. The van der Waals surface area contributed by atoms with Crippen LogP contribution in [0.2, 0.25) is 0 Å². The van der Waals surface area contributed by atoms with Crippen LogP contribution in [0.15, 0.2) is 0 Å². The molecule has 0 fully saturated rings.